The van der Waals surface area contributed by atoms with Crippen LogP contribution in [0.2, 0.25) is 0 Å². The molecule has 5 aromatic rings. The normalized spacial score (nSPS) is 15.9. The molecule has 1 aliphatic carbocycles. The fourth-order valence-corrected chi connectivity index (χ4v) is 9.61. The van der Waals surface area contributed by atoms with Crippen molar-refractivity contribution in [2.75, 3.05) is 74.1 Å². The first-order valence-corrected chi connectivity index (χ1v) is 22.0. The van der Waals surface area contributed by atoms with Gasteiger partial charge in [-0.15, -0.1) is 11.8 Å². The summed E-state index contributed by atoms with van der Waals surface area (Å²) in [6, 6.07) is 30.4. The summed E-state index contributed by atoms with van der Waals surface area (Å²) in [6.45, 7) is 5.41. The number of hydrogen-bond acceptors (Lipinski definition) is 11. The van der Waals surface area contributed by atoms with Crippen molar-refractivity contribution < 1.29 is 13.3 Å². The van der Waals surface area contributed by atoms with Gasteiger partial charge < -0.3 is 15.1 Å². The average Bonchev–Trinajstić information content (AvgIpc) is 3.22. The van der Waals surface area contributed by atoms with Crippen LogP contribution in [0, 0.1) is 10.1 Å². The van der Waals surface area contributed by atoms with Crippen LogP contribution in [0.1, 0.15) is 37.7 Å². The minimum atomic E-state index is -4.25. The van der Waals surface area contributed by atoms with E-state index in [0.29, 0.717) is 16.7 Å². The largest absolute Gasteiger partial charge is 0.376 e. The van der Waals surface area contributed by atoms with E-state index in [0.717, 1.165) is 75.2 Å². The van der Waals surface area contributed by atoms with E-state index in [9.17, 15) is 18.5 Å². The van der Waals surface area contributed by atoms with E-state index in [1.807, 2.05) is 62.6 Å². The standard InChI is InChI=1S/C43H50N8O4S2/c1-48(2)22-21-34(30-56-36-14-7-4-8-15-36)46-40-20-18-37(28-42(40)51(52)53)57(54,55)47-43-39-19-17-35(27-41(39)44-31-45-43)50-25-23-49(24-26-50)29-33-13-9-10-16-38(33)32-11-5-3-6-12-32/h3-8,11-12,14-15,17-20,27-28,31,34,46H,9-10,13,16,21-26,29-30H2,1-2H3,(H,44,45,47)/t34-/m1/s1. The number of allylic oxidation sites excluding steroid dienone is 1. The van der Waals surface area contributed by atoms with E-state index >= 15 is 0 Å². The summed E-state index contributed by atoms with van der Waals surface area (Å²) in [5.74, 6) is 0.780. The van der Waals surface area contributed by atoms with Crippen LogP contribution in [-0.4, -0.2) is 98.3 Å². The third-order valence-electron chi connectivity index (χ3n) is 10.7. The van der Waals surface area contributed by atoms with Gasteiger partial charge in [-0.1, -0.05) is 54.1 Å². The molecular weight excluding hydrogens is 757 g/mol. The zero-order chi connectivity index (χ0) is 39.8. The Kier molecular flexibility index (Phi) is 13.0. The first-order valence-electron chi connectivity index (χ1n) is 19.5. The Bertz CT molecular complexity index is 2300. The first kappa shape index (κ1) is 40.2. The maximum atomic E-state index is 13.7. The van der Waals surface area contributed by atoms with E-state index in [4.69, 9.17) is 0 Å². The van der Waals surface area contributed by atoms with Gasteiger partial charge in [-0.25, -0.2) is 18.4 Å². The number of benzene rings is 4. The summed E-state index contributed by atoms with van der Waals surface area (Å²) in [4.78, 5) is 28.3. The topological polar surface area (TPSA) is 137 Å². The number of hydrogen-bond donors (Lipinski definition) is 2. The predicted octanol–water partition coefficient (Wildman–Crippen LogP) is 8.01. The number of aromatic nitrogens is 2. The summed E-state index contributed by atoms with van der Waals surface area (Å²) in [5.41, 5.74) is 6.00. The SMILES string of the molecule is CN(C)CC[C@H](CSc1ccccc1)Nc1ccc(S(=O)(=O)Nc2ncnc3cc(N4CCN(CC5=C(c6ccccc6)CCCC5)CC4)ccc23)cc1[N+](=O)[O-]. The number of piperazine rings is 1. The first-order chi connectivity index (χ1) is 27.6. The van der Waals surface area contributed by atoms with Gasteiger partial charge in [0.1, 0.15) is 12.0 Å². The maximum Gasteiger partial charge on any atom is 0.293 e. The Morgan fingerprint density at radius 2 is 1.63 bits per heavy atom. The van der Waals surface area contributed by atoms with Crippen molar-refractivity contribution in [1.29, 1.82) is 0 Å². The molecule has 1 aromatic heterocycles. The highest BCUT2D eigenvalue weighted by Gasteiger charge is 2.26. The molecule has 2 aliphatic rings. The zero-order valence-electron chi connectivity index (χ0n) is 32.5. The second-order valence-electron chi connectivity index (χ2n) is 14.9. The monoisotopic (exact) mass is 806 g/mol. The average molecular weight is 807 g/mol. The van der Waals surface area contributed by atoms with Crippen LogP contribution in [0.15, 0.2) is 119 Å². The molecule has 57 heavy (non-hydrogen) atoms. The molecule has 2 heterocycles. The number of sulfonamides is 1. The number of anilines is 3. The lowest BCUT2D eigenvalue weighted by Gasteiger charge is -2.37. The Balaban J connectivity index is 1.02. The molecule has 1 saturated heterocycles. The summed E-state index contributed by atoms with van der Waals surface area (Å²) in [5, 5.41) is 16.2. The number of nitro groups is 1. The van der Waals surface area contributed by atoms with Gasteiger partial charge in [0.2, 0.25) is 0 Å². The molecule has 0 spiro atoms. The molecule has 7 rings (SSSR count). The number of thioether (sulfide) groups is 1. The van der Waals surface area contributed by atoms with Crippen molar-refractivity contribution in [1.82, 2.24) is 19.8 Å². The second-order valence-corrected chi connectivity index (χ2v) is 17.7. The number of nitro benzene ring substituents is 1. The molecule has 1 atom stereocenters. The van der Waals surface area contributed by atoms with Crippen LogP contribution >= 0.6 is 11.8 Å². The van der Waals surface area contributed by atoms with Crippen LogP contribution in [-0.2, 0) is 10.0 Å². The molecule has 14 heteroatoms. The van der Waals surface area contributed by atoms with Crippen LogP contribution in [0.3, 0.4) is 0 Å². The van der Waals surface area contributed by atoms with E-state index in [1.165, 1.54) is 42.4 Å². The van der Waals surface area contributed by atoms with Crippen LogP contribution in [0.25, 0.3) is 16.5 Å². The van der Waals surface area contributed by atoms with Crippen molar-refractivity contribution >= 4 is 61.1 Å². The van der Waals surface area contributed by atoms with Gasteiger partial charge in [0, 0.05) is 66.6 Å². The molecule has 12 nitrogen and oxygen atoms in total. The van der Waals surface area contributed by atoms with Crippen molar-refractivity contribution in [3.63, 3.8) is 0 Å². The summed E-state index contributed by atoms with van der Waals surface area (Å²) >= 11 is 1.66. The van der Waals surface area contributed by atoms with E-state index < -0.39 is 14.9 Å². The lowest BCUT2D eigenvalue weighted by molar-refractivity contribution is -0.384. The predicted molar refractivity (Wildman–Crippen MR) is 232 cm³/mol. The molecule has 1 fully saturated rings. The molecule has 0 saturated carbocycles. The fraction of sp³-hybridized carbons (Fsp3) is 0.349. The zero-order valence-corrected chi connectivity index (χ0v) is 34.1. The van der Waals surface area contributed by atoms with Gasteiger partial charge in [-0.3, -0.25) is 19.7 Å². The second kappa shape index (κ2) is 18.5. The van der Waals surface area contributed by atoms with E-state index in [2.05, 4.69) is 65.0 Å². The third-order valence-corrected chi connectivity index (χ3v) is 13.2. The lowest BCUT2D eigenvalue weighted by atomic mass is 9.87. The van der Waals surface area contributed by atoms with Gasteiger partial charge >= 0.3 is 0 Å². The van der Waals surface area contributed by atoms with Crippen molar-refractivity contribution in [3.05, 3.63) is 125 Å². The summed E-state index contributed by atoms with van der Waals surface area (Å²) in [6.07, 6.45) is 6.87. The van der Waals surface area contributed by atoms with Gasteiger partial charge in [-0.05, 0) is 106 Å². The highest BCUT2D eigenvalue weighted by atomic mass is 32.2. The maximum absolute atomic E-state index is 13.7. The summed E-state index contributed by atoms with van der Waals surface area (Å²) in [7, 11) is -0.284. The Labute approximate surface area is 339 Å². The number of nitrogens with one attached hydrogen (secondary N) is 2. The Morgan fingerprint density at radius 1 is 0.895 bits per heavy atom. The lowest BCUT2D eigenvalue weighted by Crippen LogP contribution is -2.47. The molecule has 0 unspecified atom stereocenters. The molecule has 0 bridgehead atoms. The smallest absolute Gasteiger partial charge is 0.293 e. The Hall–Kier alpha value is -5.02. The van der Waals surface area contributed by atoms with Crippen LogP contribution in [0.4, 0.5) is 22.9 Å². The van der Waals surface area contributed by atoms with Crippen molar-refractivity contribution in [2.24, 2.45) is 0 Å². The van der Waals surface area contributed by atoms with Crippen LogP contribution in [0.5, 0.6) is 0 Å². The van der Waals surface area contributed by atoms with Gasteiger partial charge in [0.25, 0.3) is 15.7 Å². The minimum absolute atomic E-state index is 0.106. The fourth-order valence-electron chi connectivity index (χ4n) is 7.57. The van der Waals surface area contributed by atoms with E-state index in [-0.39, 0.29) is 28.1 Å². The quantitative estimate of drug-likeness (QED) is 0.0570. The third kappa shape index (κ3) is 10.3. The number of rotatable bonds is 16. The van der Waals surface area contributed by atoms with Crippen molar-refractivity contribution in [3.8, 4) is 0 Å². The van der Waals surface area contributed by atoms with Crippen LogP contribution < -0.4 is 14.9 Å². The number of fused-ring (bicyclic) bond motifs is 1. The molecule has 0 radical (unpaired) electrons. The van der Waals surface area contributed by atoms with Gasteiger partial charge in [0.05, 0.1) is 15.3 Å². The molecule has 4 aromatic carbocycles. The number of nitrogens with zero attached hydrogens (tertiary/aromatic N) is 6. The van der Waals surface area contributed by atoms with Gasteiger partial charge in [-0.2, -0.15) is 0 Å². The van der Waals surface area contributed by atoms with Crippen molar-refractivity contribution in [2.45, 2.75) is 47.9 Å². The summed E-state index contributed by atoms with van der Waals surface area (Å²) < 4.78 is 30.1. The molecule has 298 valence electrons. The highest BCUT2D eigenvalue weighted by Crippen LogP contribution is 2.34. The van der Waals surface area contributed by atoms with Gasteiger partial charge in [0.15, 0.2) is 5.82 Å². The molecule has 2 N–H and O–H groups in total. The molecule has 1 aliphatic heterocycles. The van der Waals surface area contributed by atoms with E-state index in [1.54, 1.807) is 17.3 Å². The minimum Gasteiger partial charge on any atom is -0.376 e. The highest BCUT2D eigenvalue weighted by molar-refractivity contribution is 7.99. The molecular formula is C43H50N8O4S2. The Morgan fingerprint density at radius 3 is 2.37 bits per heavy atom. The molecule has 0 amide bonds.